The van der Waals surface area contributed by atoms with Gasteiger partial charge < -0.3 is 4.42 Å². The van der Waals surface area contributed by atoms with Crippen LogP contribution < -0.4 is 0 Å². The smallest absolute Gasteiger partial charge is 0.287 e. The number of hydrogen-bond acceptors (Lipinski definition) is 2. The molecule has 1 rings (SSSR count). The molecule has 0 spiro atoms. The van der Waals surface area contributed by atoms with Crippen molar-refractivity contribution in [1.29, 1.82) is 0 Å². The first-order chi connectivity index (χ1) is 5.24. The first-order valence-electron chi connectivity index (χ1n) is 3.08. The first kappa shape index (κ1) is 8.62. The van der Waals surface area contributed by atoms with Gasteiger partial charge >= 0.3 is 0 Å². The zero-order valence-electron chi connectivity index (χ0n) is 5.64. The van der Waals surface area contributed by atoms with E-state index in [0.29, 0.717) is 18.1 Å². The van der Waals surface area contributed by atoms with Gasteiger partial charge in [-0.2, -0.15) is 0 Å². The fraction of sp³-hybridized carbons (Fsp3) is 0.286. The molecule has 0 saturated carbocycles. The molecular formula is C7H6Cl2O2. The highest BCUT2D eigenvalue weighted by Gasteiger charge is 2.06. The number of rotatable bonds is 3. The Labute approximate surface area is 74.1 Å². The molecule has 0 bridgehead atoms. The third-order valence-corrected chi connectivity index (χ3v) is 1.57. The van der Waals surface area contributed by atoms with Crippen LogP contribution in [0.15, 0.2) is 16.5 Å². The summed E-state index contributed by atoms with van der Waals surface area (Å²) >= 11 is 10.6. The Morgan fingerprint density at radius 1 is 1.55 bits per heavy atom. The molecule has 0 saturated heterocycles. The predicted octanol–water partition coefficient (Wildman–Crippen LogP) is 2.44. The summed E-state index contributed by atoms with van der Waals surface area (Å²) in [6.07, 6.45) is 0.617. The third-order valence-electron chi connectivity index (χ3n) is 1.20. The Bertz CT molecular complexity index is 255. The molecular weight excluding hydrogens is 187 g/mol. The zero-order chi connectivity index (χ0) is 8.27. The second kappa shape index (κ2) is 3.79. The maximum atomic E-state index is 10.5. The van der Waals surface area contributed by atoms with Crippen LogP contribution >= 0.6 is 23.2 Å². The number of carbonyl (C=O) groups excluding carboxylic acids is 1. The molecule has 2 nitrogen and oxygen atoms in total. The van der Waals surface area contributed by atoms with Crippen LogP contribution in [0.2, 0.25) is 0 Å². The van der Waals surface area contributed by atoms with Gasteiger partial charge in [0.05, 0.1) is 0 Å². The highest BCUT2D eigenvalue weighted by molar-refractivity contribution is 6.67. The molecule has 0 atom stereocenters. The lowest BCUT2D eigenvalue weighted by atomic mass is 10.4. The van der Waals surface area contributed by atoms with Gasteiger partial charge in [-0.05, 0) is 23.7 Å². The summed E-state index contributed by atoms with van der Waals surface area (Å²) in [6, 6.07) is 3.23. The monoisotopic (exact) mass is 192 g/mol. The number of aryl methyl sites for hydroxylation is 1. The molecule has 0 aliphatic heterocycles. The Morgan fingerprint density at radius 3 is 2.73 bits per heavy atom. The third kappa shape index (κ3) is 2.24. The normalized spacial score (nSPS) is 10.0. The van der Waals surface area contributed by atoms with Crippen LogP contribution in [0.4, 0.5) is 0 Å². The van der Waals surface area contributed by atoms with Gasteiger partial charge in [-0.1, -0.05) is 0 Å². The molecule has 1 heterocycles. The van der Waals surface area contributed by atoms with Crippen molar-refractivity contribution in [1.82, 2.24) is 0 Å². The van der Waals surface area contributed by atoms with E-state index in [9.17, 15) is 4.79 Å². The van der Waals surface area contributed by atoms with E-state index in [-0.39, 0.29) is 5.76 Å². The lowest BCUT2D eigenvalue weighted by Gasteiger charge is -1.88. The van der Waals surface area contributed by atoms with E-state index in [1.54, 1.807) is 6.07 Å². The van der Waals surface area contributed by atoms with E-state index in [2.05, 4.69) is 0 Å². The fourth-order valence-electron chi connectivity index (χ4n) is 0.711. The van der Waals surface area contributed by atoms with Gasteiger partial charge in [-0.3, -0.25) is 4.79 Å². The van der Waals surface area contributed by atoms with E-state index in [1.165, 1.54) is 6.07 Å². The van der Waals surface area contributed by atoms with Gasteiger partial charge in [-0.15, -0.1) is 11.6 Å². The summed E-state index contributed by atoms with van der Waals surface area (Å²) in [5, 5.41) is -0.578. The van der Waals surface area contributed by atoms with Gasteiger partial charge in [0.1, 0.15) is 5.76 Å². The topological polar surface area (TPSA) is 30.2 Å². The Morgan fingerprint density at radius 2 is 2.27 bits per heavy atom. The first-order valence-corrected chi connectivity index (χ1v) is 4.00. The van der Waals surface area contributed by atoms with Crippen molar-refractivity contribution in [2.24, 2.45) is 0 Å². The van der Waals surface area contributed by atoms with Crippen molar-refractivity contribution in [3.05, 3.63) is 23.7 Å². The fourth-order valence-corrected chi connectivity index (χ4v) is 0.999. The summed E-state index contributed by atoms with van der Waals surface area (Å²) in [5.74, 6) is 1.33. The minimum Gasteiger partial charge on any atom is -0.457 e. The molecule has 0 aliphatic rings. The molecule has 0 unspecified atom stereocenters. The SMILES string of the molecule is O=C(Cl)c1ccc(CCCl)o1. The molecule has 0 aliphatic carbocycles. The maximum absolute atomic E-state index is 10.5. The van der Waals surface area contributed by atoms with E-state index in [4.69, 9.17) is 27.6 Å². The largest absolute Gasteiger partial charge is 0.457 e. The van der Waals surface area contributed by atoms with Gasteiger partial charge in [0, 0.05) is 12.3 Å². The maximum Gasteiger partial charge on any atom is 0.287 e. The molecule has 11 heavy (non-hydrogen) atoms. The van der Waals surface area contributed by atoms with Gasteiger partial charge in [0.15, 0.2) is 5.76 Å². The molecule has 0 radical (unpaired) electrons. The minimum absolute atomic E-state index is 0.173. The summed E-state index contributed by atoms with van der Waals surface area (Å²) in [7, 11) is 0. The minimum atomic E-state index is -0.578. The number of hydrogen-bond donors (Lipinski definition) is 0. The van der Waals surface area contributed by atoms with E-state index in [0.717, 1.165) is 0 Å². The quantitative estimate of drug-likeness (QED) is 0.545. The van der Waals surface area contributed by atoms with Gasteiger partial charge in [-0.25, -0.2) is 0 Å². The van der Waals surface area contributed by atoms with Crippen molar-refractivity contribution >= 4 is 28.4 Å². The van der Waals surface area contributed by atoms with E-state index in [1.807, 2.05) is 0 Å². The van der Waals surface area contributed by atoms with Crippen molar-refractivity contribution in [2.45, 2.75) is 6.42 Å². The highest BCUT2D eigenvalue weighted by Crippen LogP contribution is 2.10. The number of carbonyl (C=O) groups is 1. The average molecular weight is 193 g/mol. The van der Waals surface area contributed by atoms with Crippen molar-refractivity contribution in [3.63, 3.8) is 0 Å². The molecule has 0 fully saturated rings. The lowest BCUT2D eigenvalue weighted by molar-refractivity contribution is 0.105. The Hall–Kier alpha value is -0.470. The van der Waals surface area contributed by atoms with Gasteiger partial charge in [0.2, 0.25) is 0 Å². The van der Waals surface area contributed by atoms with Crippen LogP contribution in [-0.2, 0) is 6.42 Å². The zero-order valence-corrected chi connectivity index (χ0v) is 7.15. The predicted molar refractivity (Wildman–Crippen MR) is 43.3 cm³/mol. The van der Waals surface area contributed by atoms with Crippen molar-refractivity contribution in [3.8, 4) is 0 Å². The standard InChI is InChI=1S/C7H6Cl2O2/c8-4-3-5-1-2-6(11-5)7(9)10/h1-2H,3-4H2. The van der Waals surface area contributed by atoms with Gasteiger partial charge in [0.25, 0.3) is 5.24 Å². The summed E-state index contributed by atoms with van der Waals surface area (Å²) in [4.78, 5) is 10.5. The number of furan rings is 1. The van der Waals surface area contributed by atoms with E-state index < -0.39 is 5.24 Å². The Balaban J connectivity index is 2.73. The van der Waals surface area contributed by atoms with Crippen LogP contribution in [0.5, 0.6) is 0 Å². The van der Waals surface area contributed by atoms with Crippen LogP contribution in [-0.4, -0.2) is 11.1 Å². The number of alkyl halides is 1. The van der Waals surface area contributed by atoms with Crippen molar-refractivity contribution in [2.75, 3.05) is 5.88 Å². The molecule has 4 heteroatoms. The second-order valence-electron chi connectivity index (χ2n) is 1.98. The summed E-state index contributed by atoms with van der Waals surface area (Å²) < 4.78 is 5.02. The molecule has 0 aromatic carbocycles. The molecule has 0 amide bonds. The van der Waals surface area contributed by atoms with Crippen LogP contribution in [0, 0.1) is 0 Å². The van der Waals surface area contributed by atoms with Crippen LogP contribution in [0.1, 0.15) is 16.3 Å². The lowest BCUT2D eigenvalue weighted by Crippen LogP contribution is -1.84. The Kier molecular flexibility index (Phi) is 2.97. The highest BCUT2D eigenvalue weighted by atomic mass is 35.5. The molecule has 60 valence electrons. The summed E-state index contributed by atoms with van der Waals surface area (Å²) in [6.45, 7) is 0. The number of halogens is 2. The van der Waals surface area contributed by atoms with E-state index >= 15 is 0 Å². The van der Waals surface area contributed by atoms with Crippen LogP contribution in [0.25, 0.3) is 0 Å². The molecule has 1 aromatic heterocycles. The second-order valence-corrected chi connectivity index (χ2v) is 2.70. The van der Waals surface area contributed by atoms with Crippen molar-refractivity contribution < 1.29 is 9.21 Å². The molecule has 1 aromatic rings. The molecule has 0 N–H and O–H groups in total. The summed E-state index contributed by atoms with van der Waals surface area (Å²) in [5.41, 5.74) is 0. The average Bonchev–Trinajstić information content (AvgIpc) is 2.37. The van der Waals surface area contributed by atoms with Crippen LogP contribution in [0.3, 0.4) is 0 Å².